The van der Waals surface area contributed by atoms with Crippen molar-refractivity contribution in [3.05, 3.63) is 29.8 Å². The molecule has 1 aromatic carbocycles. The molecule has 1 aliphatic carbocycles. The van der Waals surface area contributed by atoms with Gasteiger partial charge < -0.3 is 11.1 Å². The monoisotopic (exact) mass is 253 g/mol. The van der Waals surface area contributed by atoms with Crippen molar-refractivity contribution in [2.24, 2.45) is 16.1 Å². The summed E-state index contributed by atoms with van der Waals surface area (Å²) in [5.74, 6) is -0.949. The summed E-state index contributed by atoms with van der Waals surface area (Å²) in [4.78, 5) is 4.18. The lowest BCUT2D eigenvalue weighted by molar-refractivity contribution is 0.174. The summed E-state index contributed by atoms with van der Waals surface area (Å²) in [6.45, 7) is 2.76. The predicted octanol–water partition coefficient (Wildman–Crippen LogP) is 2.88. The molecule has 5 heteroatoms. The lowest BCUT2D eigenvalue weighted by Gasteiger charge is -2.36. The minimum Gasteiger partial charge on any atom is -0.370 e. The van der Waals surface area contributed by atoms with Gasteiger partial charge in [-0.1, -0.05) is 13.3 Å². The number of nitrogens with two attached hydrogens (primary N) is 1. The fourth-order valence-electron chi connectivity index (χ4n) is 1.99. The van der Waals surface area contributed by atoms with Gasteiger partial charge in [-0.3, -0.25) is 4.99 Å². The van der Waals surface area contributed by atoms with Crippen molar-refractivity contribution in [1.29, 1.82) is 0 Å². The SMILES string of the molecule is CC1(CN=C(N)Nc2cc(F)ccc2F)CCC1. The van der Waals surface area contributed by atoms with Crippen LogP contribution in [0.25, 0.3) is 0 Å². The van der Waals surface area contributed by atoms with Crippen LogP contribution in [0.1, 0.15) is 26.2 Å². The van der Waals surface area contributed by atoms with Crippen molar-refractivity contribution in [1.82, 2.24) is 0 Å². The number of anilines is 1. The topological polar surface area (TPSA) is 50.4 Å². The van der Waals surface area contributed by atoms with E-state index in [-0.39, 0.29) is 17.1 Å². The summed E-state index contributed by atoms with van der Waals surface area (Å²) in [7, 11) is 0. The number of rotatable bonds is 3. The Balaban J connectivity index is 1.99. The molecular formula is C13H17F2N3. The second-order valence-corrected chi connectivity index (χ2v) is 5.11. The summed E-state index contributed by atoms with van der Waals surface area (Å²) in [5, 5.41) is 2.58. The molecule has 2 rings (SSSR count). The molecule has 0 atom stereocenters. The third-order valence-electron chi connectivity index (χ3n) is 3.38. The number of nitrogens with one attached hydrogen (secondary N) is 1. The minimum absolute atomic E-state index is 0.00927. The third-order valence-corrected chi connectivity index (χ3v) is 3.38. The van der Waals surface area contributed by atoms with Gasteiger partial charge in [-0.25, -0.2) is 8.78 Å². The molecule has 0 bridgehead atoms. The van der Waals surface area contributed by atoms with E-state index < -0.39 is 11.6 Å². The van der Waals surface area contributed by atoms with Gasteiger partial charge in [-0.15, -0.1) is 0 Å². The highest BCUT2D eigenvalue weighted by molar-refractivity contribution is 5.92. The molecule has 3 nitrogen and oxygen atoms in total. The Morgan fingerprint density at radius 2 is 2.17 bits per heavy atom. The van der Waals surface area contributed by atoms with Gasteiger partial charge >= 0.3 is 0 Å². The number of hydrogen-bond donors (Lipinski definition) is 2. The van der Waals surface area contributed by atoms with Crippen molar-refractivity contribution in [2.45, 2.75) is 26.2 Å². The Kier molecular flexibility index (Phi) is 3.50. The number of nitrogens with zero attached hydrogens (tertiary/aromatic N) is 1. The lowest BCUT2D eigenvalue weighted by atomic mass is 9.71. The largest absolute Gasteiger partial charge is 0.370 e. The molecule has 0 radical (unpaired) electrons. The number of guanidine groups is 1. The van der Waals surface area contributed by atoms with Gasteiger partial charge in [0.1, 0.15) is 11.6 Å². The Morgan fingerprint density at radius 1 is 1.44 bits per heavy atom. The molecule has 0 aliphatic heterocycles. The molecule has 1 aliphatic rings. The maximum Gasteiger partial charge on any atom is 0.193 e. The van der Waals surface area contributed by atoms with Gasteiger partial charge in [0.05, 0.1) is 5.69 Å². The second-order valence-electron chi connectivity index (χ2n) is 5.11. The van der Waals surface area contributed by atoms with Crippen molar-refractivity contribution in [3.63, 3.8) is 0 Å². The predicted molar refractivity (Wildman–Crippen MR) is 68.4 cm³/mol. The maximum absolute atomic E-state index is 13.3. The summed E-state index contributed by atoms with van der Waals surface area (Å²) in [6, 6.07) is 3.17. The highest BCUT2D eigenvalue weighted by atomic mass is 19.1. The average molecular weight is 253 g/mol. The van der Waals surface area contributed by atoms with Crippen molar-refractivity contribution < 1.29 is 8.78 Å². The van der Waals surface area contributed by atoms with Crippen LogP contribution in [0, 0.1) is 17.0 Å². The van der Waals surface area contributed by atoms with Gasteiger partial charge in [-0.05, 0) is 30.4 Å². The zero-order valence-electron chi connectivity index (χ0n) is 10.3. The summed E-state index contributed by atoms with van der Waals surface area (Å²) in [5.41, 5.74) is 5.88. The quantitative estimate of drug-likeness (QED) is 0.643. The Morgan fingerprint density at radius 3 is 2.78 bits per heavy atom. The number of aliphatic imine (C=N–C) groups is 1. The molecular weight excluding hydrogens is 236 g/mol. The molecule has 0 amide bonds. The van der Waals surface area contributed by atoms with Crippen LogP contribution in [0.4, 0.5) is 14.5 Å². The van der Waals surface area contributed by atoms with Gasteiger partial charge in [0, 0.05) is 12.6 Å². The smallest absolute Gasteiger partial charge is 0.193 e. The highest BCUT2D eigenvalue weighted by Crippen LogP contribution is 2.40. The fourth-order valence-corrected chi connectivity index (χ4v) is 1.99. The third kappa shape index (κ3) is 2.97. The standard InChI is InChI=1S/C13H17F2N3/c1-13(5-2-6-13)8-17-12(16)18-11-7-9(14)3-4-10(11)15/h3-4,7H,2,5-6,8H2,1H3,(H3,16,17,18). The van der Waals surface area contributed by atoms with Crippen LogP contribution in [-0.2, 0) is 0 Å². The molecule has 0 saturated heterocycles. The van der Waals surface area contributed by atoms with Gasteiger partial charge in [0.2, 0.25) is 0 Å². The maximum atomic E-state index is 13.3. The average Bonchev–Trinajstić information content (AvgIpc) is 2.29. The molecule has 1 fully saturated rings. The molecule has 98 valence electrons. The first kappa shape index (κ1) is 12.8. The second kappa shape index (κ2) is 4.92. The van der Waals surface area contributed by atoms with Crippen molar-refractivity contribution in [3.8, 4) is 0 Å². The van der Waals surface area contributed by atoms with Gasteiger partial charge in [-0.2, -0.15) is 0 Å². The number of hydrogen-bond acceptors (Lipinski definition) is 1. The molecule has 0 spiro atoms. The van der Waals surface area contributed by atoms with E-state index in [0.29, 0.717) is 6.54 Å². The van der Waals surface area contributed by atoms with Crippen LogP contribution < -0.4 is 11.1 Å². The Labute approximate surface area is 105 Å². The van der Waals surface area contributed by atoms with Crippen LogP contribution in [0.15, 0.2) is 23.2 Å². The van der Waals surface area contributed by atoms with E-state index in [1.807, 2.05) is 0 Å². The van der Waals surface area contributed by atoms with E-state index in [1.54, 1.807) is 0 Å². The minimum atomic E-state index is -0.551. The van der Waals surface area contributed by atoms with E-state index >= 15 is 0 Å². The molecule has 18 heavy (non-hydrogen) atoms. The van der Waals surface area contributed by atoms with Crippen LogP contribution in [-0.4, -0.2) is 12.5 Å². The first-order valence-electron chi connectivity index (χ1n) is 6.01. The molecule has 0 heterocycles. The normalized spacial score (nSPS) is 18.3. The molecule has 0 aromatic heterocycles. The van der Waals surface area contributed by atoms with E-state index in [0.717, 1.165) is 31.0 Å². The molecule has 1 aromatic rings. The lowest BCUT2D eigenvalue weighted by Crippen LogP contribution is -2.31. The summed E-state index contributed by atoms with van der Waals surface area (Å²) < 4.78 is 26.3. The van der Waals surface area contributed by atoms with E-state index in [9.17, 15) is 8.78 Å². The number of halogens is 2. The van der Waals surface area contributed by atoms with Crippen LogP contribution in [0.5, 0.6) is 0 Å². The van der Waals surface area contributed by atoms with Crippen LogP contribution >= 0.6 is 0 Å². The first-order valence-corrected chi connectivity index (χ1v) is 6.01. The highest BCUT2D eigenvalue weighted by Gasteiger charge is 2.31. The van der Waals surface area contributed by atoms with Crippen LogP contribution in [0.3, 0.4) is 0 Å². The summed E-state index contributed by atoms with van der Waals surface area (Å²) >= 11 is 0. The van der Waals surface area contributed by atoms with Crippen molar-refractivity contribution >= 4 is 11.6 Å². The molecule has 0 unspecified atom stereocenters. The van der Waals surface area contributed by atoms with E-state index in [2.05, 4.69) is 17.2 Å². The Bertz CT molecular complexity index is 467. The zero-order valence-corrected chi connectivity index (χ0v) is 10.3. The molecule has 3 N–H and O–H groups in total. The van der Waals surface area contributed by atoms with Crippen LogP contribution in [0.2, 0.25) is 0 Å². The van der Waals surface area contributed by atoms with E-state index in [1.165, 1.54) is 6.42 Å². The summed E-state index contributed by atoms with van der Waals surface area (Å²) in [6.07, 6.45) is 3.49. The van der Waals surface area contributed by atoms with Gasteiger partial charge in [0.25, 0.3) is 0 Å². The fraction of sp³-hybridized carbons (Fsp3) is 0.462. The van der Waals surface area contributed by atoms with E-state index in [4.69, 9.17) is 5.73 Å². The Hall–Kier alpha value is -1.65. The number of benzene rings is 1. The van der Waals surface area contributed by atoms with Crippen molar-refractivity contribution in [2.75, 3.05) is 11.9 Å². The first-order chi connectivity index (χ1) is 8.48. The zero-order chi connectivity index (χ0) is 13.2. The van der Waals surface area contributed by atoms with Gasteiger partial charge in [0.15, 0.2) is 5.96 Å². The molecule has 1 saturated carbocycles.